The van der Waals surface area contributed by atoms with Gasteiger partial charge in [-0.15, -0.1) is 11.7 Å². The van der Waals surface area contributed by atoms with Crippen LogP contribution in [0.5, 0.6) is 0 Å². The van der Waals surface area contributed by atoms with Gasteiger partial charge in [0.15, 0.2) is 0 Å². The molecule has 0 bridgehead atoms. The molecule has 1 aromatic heterocycles. The molecular formula is C15H20N3O3P. The van der Waals surface area contributed by atoms with E-state index >= 15 is 0 Å². The van der Waals surface area contributed by atoms with Crippen LogP contribution in [0.15, 0.2) is 43.0 Å². The zero-order valence-corrected chi connectivity index (χ0v) is 13.7. The second kappa shape index (κ2) is 7.49. The van der Waals surface area contributed by atoms with Crippen molar-refractivity contribution in [2.45, 2.75) is 20.4 Å². The number of hydrogen-bond donors (Lipinski definition) is 0. The van der Waals surface area contributed by atoms with Gasteiger partial charge in [0.25, 0.3) is 0 Å². The van der Waals surface area contributed by atoms with Crippen molar-refractivity contribution in [2.75, 3.05) is 13.2 Å². The minimum Gasteiger partial charge on any atom is -0.304 e. The number of allylic oxidation sites excluding steroid dienone is 1. The van der Waals surface area contributed by atoms with E-state index in [4.69, 9.17) is 9.05 Å². The van der Waals surface area contributed by atoms with Crippen LogP contribution in [0.25, 0.3) is 11.3 Å². The normalized spacial score (nSPS) is 11.5. The summed E-state index contributed by atoms with van der Waals surface area (Å²) in [5, 5.41) is 8.71. The Morgan fingerprint density at radius 1 is 1.18 bits per heavy atom. The smallest absolute Gasteiger partial charge is 0.304 e. The summed E-state index contributed by atoms with van der Waals surface area (Å²) >= 11 is 0. The lowest BCUT2D eigenvalue weighted by Crippen LogP contribution is -2.15. The van der Waals surface area contributed by atoms with Crippen LogP contribution in [0.3, 0.4) is 0 Å². The first-order valence-electron chi connectivity index (χ1n) is 7.15. The summed E-state index contributed by atoms with van der Waals surface area (Å²) < 4.78 is 23.8. The van der Waals surface area contributed by atoms with Gasteiger partial charge in [-0.3, -0.25) is 4.57 Å². The summed E-state index contributed by atoms with van der Waals surface area (Å²) in [4.78, 5) is 1.44. The molecule has 0 saturated carbocycles. The van der Waals surface area contributed by atoms with Gasteiger partial charge in [-0.05, 0) is 13.8 Å². The lowest BCUT2D eigenvalue weighted by molar-refractivity contribution is 0.229. The molecule has 0 unspecified atom stereocenters. The van der Waals surface area contributed by atoms with E-state index in [2.05, 4.69) is 16.8 Å². The summed E-state index contributed by atoms with van der Waals surface area (Å²) in [5.74, 6) is 0. The van der Waals surface area contributed by atoms with Crippen molar-refractivity contribution in [3.8, 4) is 11.3 Å². The molecule has 0 radical (unpaired) electrons. The van der Waals surface area contributed by atoms with Gasteiger partial charge in [0, 0.05) is 5.56 Å². The standard InChI is InChI=1S/C15H20N3O3P/c1-4-12-18-16-14(13-10-8-7-9-11-13)15(17-18)22(19,20-5-2)21-6-3/h4,7-11H,1,5-6,12H2,2-3H3. The Labute approximate surface area is 130 Å². The molecule has 6 nitrogen and oxygen atoms in total. The topological polar surface area (TPSA) is 66.2 Å². The molecule has 1 aromatic carbocycles. The maximum absolute atomic E-state index is 13.0. The molecule has 2 aromatic rings. The van der Waals surface area contributed by atoms with Crippen LogP contribution >= 0.6 is 7.60 Å². The van der Waals surface area contributed by atoms with E-state index in [1.54, 1.807) is 19.9 Å². The number of rotatable bonds is 8. The van der Waals surface area contributed by atoms with Gasteiger partial charge in [-0.25, -0.2) is 0 Å². The molecule has 0 saturated heterocycles. The van der Waals surface area contributed by atoms with Crippen LogP contribution in [0.1, 0.15) is 13.8 Å². The lowest BCUT2D eigenvalue weighted by Gasteiger charge is -2.15. The first-order chi connectivity index (χ1) is 10.6. The lowest BCUT2D eigenvalue weighted by atomic mass is 10.2. The molecule has 22 heavy (non-hydrogen) atoms. The molecule has 118 valence electrons. The summed E-state index contributed by atoms with van der Waals surface area (Å²) in [6.07, 6.45) is 1.67. The molecule has 0 amide bonds. The Hall–Kier alpha value is -1.75. The van der Waals surface area contributed by atoms with Crippen molar-refractivity contribution in [1.29, 1.82) is 0 Å². The predicted octanol–water partition coefficient (Wildman–Crippen LogP) is 3.02. The van der Waals surface area contributed by atoms with Crippen molar-refractivity contribution in [3.05, 3.63) is 43.0 Å². The van der Waals surface area contributed by atoms with Gasteiger partial charge in [-0.2, -0.15) is 9.90 Å². The molecule has 2 rings (SSSR count). The van der Waals surface area contributed by atoms with Crippen molar-refractivity contribution in [2.24, 2.45) is 0 Å². The van der Waals surface area contributed by atoms with Crippen molar-refractivity contribution < 1.29 is 13.6 Å². The monoisotopic (exact) mass is 321 g/mol. The molecular weight excluding hydrogens is 301 g/mol. The third-order valence-electron chi connectivity index (χ3n) is 2.83. The minimum atomic E-state index is -3.51. The third-order valence-corrected chi connectivity index (χ3v) is 4.85. The van der Waals surface area contributed by atoms with E-state index in [0.29, 0.717) is 12.2 Å². The predicted molar refractivity (Wildman–Crippen MR) is 86.1 cm³/mol. The van der Waals surface area contributed by atoms with Crippen LogP contribution in [0, 0.1) is 0 Å². The maximum Gasteiger partial charge on any atom is 0.383 e. The number of aromatic nitrogens is 3. The van der Waals surface area contributed by atoms with E-state index in [1.165, 1.54) is 4.80 Å². The van der Waals surface area contributed by atoms with Gasteiger partial charge in [0.1, 0.15) is 5.69 Å². The van der Waals surface area contributed by atoms with E-state index < -0.39 is 7.60 Å². The Kier molecular flexibility index (Phi) is 5.66. The number of hydrogen-bond acceptors (Lipinski definition) is 5. The average molecular weight is 321 g/mol. The Bertz CT molecular complexity index is 660. The number of benzene rings is 1. The van der Waals surface area contributed by atoms with Crippen LogP contribution < -0.4 is 5.44 Å². The van der Waals surface area contributed by atoms with Gasteiger partial charge in [0.2, 0.25) is 5.44 Å². The molecule has 0 aliphatic heterocycles. The Balaban J connectivity index is 2.57. The largest absolute Gasteiger partial charge is 0.383 e. The highest BCUT2D eigenvalue weighted by Gasteiger charge is 2.35. The zero-order chi connectivity index (χ0) is 16.0. The molecule has 0 atom stereocenters. The average Bonchev–Trinajstić information content (AvgIpc) is 2.94. The maximum atomic E-state index is 13.0. The van der Waals surface area contributed by atoms with E-state index in [9.17, 15) is 4.57 Å². The first kappa shape index (κ1) is 16.6. The molecule has 0 fully saturated rings. The van der Waals surface area contributed by atoms with Crippen LogP contribution in [0.2, 0.25) is 0 Å². The summed E-state index contributed by atoms with van der Waals surface area (Å²) in [6, 6.07) is 9.44. The molecule has 0 aliphatic rings. The molecule has 7 heteroatoms. The summed E-state index contributed by atoms with van der Waals surface area (Å²) in [6.45, 7) is 8.14. The van der Waals surface area contributed by atoms with E-state index in [-0.39, 0.29) is 18.6 Å². The van der Waals surface area contributed by atoms with Gasteiger partial charge in [0.05, 0.1) is 19.8 Å². The highest BCUT2D eigenvalue weighted by Crippen LogP contribution is 2.48. The quantitative estimate of drug-likeness (QED) is 0.552. The fourth-order valence-corrected chi connectivity index (χ4v) is 3.65. The second-order valence-electron chi connectivity index (χ2n) is 4.41. The highest BCUT2D eigenvalue weighted by molar-refractivity contribution is 7.62. The van der Waals surface area contributed by atoms with Crippen LogP contribution in [-0.4, -0.2) is 28.2 Å². The Morgan fingerprint density at radius 2 is 1.82 bits per heavy atom. The summed E-state index contributed by atoms with van der Waals surface area (Å²) in [7, 11) is -3.51. The minimum absolute atomic E-state index is 0.240. The van der Waals surface area contributed by atoms with Crippen LogP contribution in [0.4, 0.5) is 0 Å². The van der Waals surface area contributed by atoms with Crippen molar-refractivity contribution >= 4 is 13.0 Å². The van der Waals surface area contributed by atoms with E-state index in [0.717, 1.165) is 5.56 Å². The zero-order valence-electron chi connectivity index (χ0n) is 12.8. The van der Waals surface area contributed by atoms with Gasteiger partial charge in [-0.1, -0.05) is 36.4 Å². The fraction of sp³-hybridized carbons (Fsp3) is 0.333. The van der Waals surface area contributed by atoms with Gasteiger partial charge >= 0.3 is 7.60 Å². The molecule has 0 aliphatic carbocycles. The van der Waals surface area contributed by atoms with E-state index in [1.807, 2.05) is 30.3 Å². The third kappa shape index (κ3) is 3.53. The fourth-order valence-electron chi connectivity index (χ4n) is 2.00. The van der Waals surface area contributed by atoms with Gasteiger partial charge < -0.3 is 9.05 Å². The highest BCUT2D eigenvalue weighted by atomic mass is 31.2. The molecule has 1 heterocycles. The second-order valence-corrected chi connectivity index (χ2v) is 6.35. The first-order valence-corrected chi connectivity index (χ1v) is 8.70. The SMILES string of the molecule is C=CCn1nc(-c2ccccc2)c(P(=O)(OCC)OCC)n1. The molecule has 0 spiro atoms. The summed E-state index contributed by atoms with van der Waals surface area (Å²) in [5.41, 5.74) is 1.56. The Morgan fingerprint density at radius 3 is 2.36 bits per heavy atom. The van der Waals surface area contributed by atoms with Crippen molar-refractivity contribution in [1.82, 2.24) is 15.0 Å². The number of nitrogens with zero attached hydrogens (tertiary/aromatic N) is 3. The van der Waals surface area contributed by atoms with Crippen molar-refractivity contribution in [3.63, 3.8) is 0 Å². The molecule has 0 N–H and O–H groups in total. The van der Waals surface area contributed by atoms with Crippen LogP contribution in [-0.2, 0) is 20.2 Å².